The van der Waals surface area contributed by atoms with Gasteiger partial charge in [0.25, 0.3) is 0 Å². The predicted molar refractivity (Wildman–Crippen MR) is 92.5 cm³/mol. The minimum atomic E-state index is -0.550. The van der Waals surface area contributed by atoms with E-state index in [0.717, 1.165) is 32.7 Å². The lowest BCUT2D eigenvalue weighted by molar-refractivity contribution is 0.0428. The van der Waals surface area contributed by atoms with Gasteiger partial charge in [-0.15, -0.1) is 0 Å². The summed E-state index contributed by atoms with van der Waals surface area (Å²) in [5.74, 6) is 0.774. The highest BCUT2D eigenvalue weighted by atomic mass is 16.5. The molecule has 1 aromatic carbocycles. The third kappa shape index (κ3) is 5.87. The molecule has 1 aromatic rings. The van der Waals surface area contributed by atoms with Crippen LogP contribution >= 0.6 is 0 Å². The molecule has 2 rings (SSSR count). The number of hydrogen-bond donors (Lipinski definition) is 2. The Labute approximate surface area is 143 Å². The molecule has 6 nitrogen and oxygen atoms in total. The molecule has 24 heavy (non-hydrogen) atoms. The molecular formula is C18H28N2O4. The van der Waals surface area contributed by atoms with Gasteiger partial charge in [-0.1, -0.05) is 6.92 Å². The predicted octanol–water partition coefficient (Wildman–Crippen LogP) is 0.629. The average molecular weight is 336 g/mol. The molecule has 0 unspecified atom stereocenters. The fourth-order valence-corrected chi connectivity index (χ4v) is 2.82. The molecule has 1 saturated heterocycles. The maximum atomic E-state index is 11.6. The zero-order valence-corrected chi connectivity index (χ0v) is 14.4. The molecule has 1 aliphatic heterocycles. The third-order valence-corrected chi connectivity index (χ3v) is 4.29. The zero-order valence-electron chi connectivity index (χ0n) is 14.4. The van der Waals surface area contributed by atoms with Crippen molar-refractivity contribution in [3.05, 3.63) is 29.8 Å². The molecule has 0 aliphatic carbocycles. The van der Waals surface area contributed by atoms with Gasteiger partial charge in [-0.25, -0.2) is 0 Å². The summed E-state index contributed by atoms with van der Waals surface area (Å²) in [5, 5.41) is 19.1. The average Bonchev–Trinajstić information content (AvgIpc) is 2.61. The van der Waals surface area contributed by atoms with Crippen LogP contribution in [0.1, 0.15) is 23.7 Å². The quantitative estimate of drug-likeness (QED) is 0.645. The topological polar surface area (TPSA) is 73.2 Å². The first-order valence-electron chi connectivity index (χ1n) is 8.62. The number of hydrogen-bond acceptors (Lipinski definition) is 6. The van der Waals surface area contributed by atoms with E-state index in [-0.39, 0.29) is 19.0 Å². The van der Waals surface area contributed by atoms with Crippen LogP contribution in [0.3, 0.4) is 0 Å². The van der Waals surface area contributed by atoms with Gasteiger partial charge in [0.2, 0.25) is 0 Å². The fourth-order valence-electron chi connectivity index (χ4n) is 2.82. The van der Waals surface area contributed by atoms with Crippen molar-refractivity contribution in [3.8, 4) is 5.75 Å². The van der Waals surface area contributed by atoms with E-state index in [1.54, 1.807) is 24.3 Å². The number of ketones is 1. The van der Waals surface area contributed by atoms with Crippen LogP contribution in [0.2, 0.25) is 0 Å². The largest absolute Gasteiger partial charge is 0.491 e. The molecule has 0 bridgehead atoms. The maximum absolute atomic E-state index is 11.6. The van der Waals surface area contributed by atoms with Gasteiger partial charge in [0.15, 0.2) is 5.78 Å². The van der Waals surface area contributed by atoms with Crippen LogP contribution in [0.15, 0.2) is 24.3 Å². The highest BCUT2D eigenvalue weighted by Crippen LogP contribution is 2.14. The number of rotatable bonds is 9. The molecular weight excluding hydrogens is 308 g/mol. The van der Waals surface area contributed by atoms with Crippen molar-refractivity contribution in [2.45, 2.75) is 19.4 Å². The van der Waals surface area contributed by atoms with Gasteiger partial charge in [-0.3, -0.25) is 14.6 Å². The van der Waals surface area contributed by atoms with E-state index in [2.05, 4.69) is 9.80 Å². The minimum Gasteiger partial charge on any atom is -0.491 e. The van der Waals surface area contributed by atoms with Gasteiger partial charge in [0, 0.05) is 51.3 Å². The summed E-state index contributed by atoms with van der Waals surface area (Å²) in [5.41, 5.74) is 0.686. The second kappa shape index (κ2) is 9.74. The number of carbonyl (C=O) groups excluding carboxylic acids is 1. The summed E-state index contributed by atoms with van der Waals surface area (Å²) >= 11 is 0. The van der Waals surface area contributed by atoms with Gasteiger partial charge in [0.05, 0.1) is 6.61 Å². The van der Waals surface area contributed by atoms with Crippen molar-refractivity contribution in [3.63, 3.8) is 0 Å². The second-order valence-corrected chi connectivity index (χ2v) is 6.13. The highest BCUT2D eigenvalue weighted by Gasteiger charge is 2.19. The van der Waals surface area contributed by atoms with Crippen molar-refractivity contribution >= 4 is 5.78 Å². The lowest BCUT2D eigenvalue weighted by Gasteiger charge is -2.35. The van der Waals surface area contributed by atoms with E-state index in [4.69, 9.17) is 9.84 Å². The Kier molecular flexibility index (Phi) is 7.65. The van der Waals surface area contributed by atoms with E-state index in [1.165, 1.54) is 0 Å². The van der Waals surface area contributed by atoms with Gasteiger partial charge in [-0.2, -0.15) is 0 Å². The Balaban J connectivity index is 1.69. The van der Waals surface area contributed by atoms with Crippen LogP contribution in [0.4, 0.5) is 0 Å². The van der Waals surface area contributed by atoms with Gasteiger partial charge < -0.3 is 14.9 Å². The first kappa shape index (κ1) is 18.9. The summed E-state index contributed by atoms with van der Waals surface area (Å²) in [6.45, 7) is 7.19. The highest BCUT2D eigenvalue weighted by molar-refractivity contribution is 5.95. The van der Waals surface area contributed by atoms with E-state index < -0.39 is 6.10 Å². The van der Waals surface area contributed by atoms with Crippen LogP contribution in [0.5, 0.6) is 5.75 Å². The standard InChI is InChI=1S/C18H28N2O4/c1-2-18(23)15-3-5-17(6-4-15)24-14-16(22)13-20-9-7-19(8-10-20)11-12-21/h3-6,16,21-22H,2,7-14H2,1H3/t16-/m1/s1. The van der Waals surface area contributed by atoms with Gasteiger partial charge in [-0.05, 0) is 24.3 Å². The summed E-state index contributed by atoms with van der Waals surface area (Å²) < 4.78 is 5.61. The molecule has 0 aromatic heterocycles. The van der Waals surface area contributed by atoms with Gasteiger partial charge >= 0.3 is 0 Å². The smallest absolute Gasteiger partial charge is 0.162 e. The molecule has 6 heteroatoms. The molecule has 1 heterocycles. The van der Waals surface area contributed by atoms with E-state index in [9.17, 15) is 9.90 Å². The monoisotopic (exact) mass is 336 g/mol. The zero-order chi connectivity index (χ0) is 17.4. The summed E-state index contributed by atoms with van der Waals surface area (Å²) in [6, 6.07) is 7.05. The molecule has 134 valence electrons. The number of aliphatic hydroxyl groups excluding tert-OH is 2. The molecule has 0 spiro atoms. The normalized spacial score (nSPS) is 17.6. The van der Waals surface area contributed by atoms with Crippen molar-refractivity contribution in [1.82, 2.24) is 9.80 Å². The molecule has 1 atom stereocenters. The number of β-amino-alcohol motifs (C(OH)–C–C–N with tert-alkyl or cyclic N) is 2. The Hall–Kier alpha value is -1.47. The molecule has 1 aliphatic rings. The van der Waals surface area contributed by atoms with Crippen LogP contribution < -0.4 is 4.74 Å². The van der Waals surface area contributed by atoms with Crippen molar-refractivity contribution in [1.29, 1.82) is 0 Å². The third-order valence-electron chi connectivity index (χ3n) is 4.29. The van der Waals surface area contributed by atoms with E-state index in [1.807, 2.05) is 6.92 Å². The number of aliphatic hydroxyl groups is 2. The lowest BCUT2D eigenvalue weighted by Crippen LogP contribution is -2.49. The number of benzene rings is 1. The van der Waals surface area contributed by atoms with Crippen LogP contribution in [0, 0.1) is 0 Å². The van der Waals surface area contributed by atoms with Crippen LogP contribution in [0.25, 0.3) is 0 Å². The number of piperazine rings is 1. The SMILES string of the molecule is CCC(=O)c1ccc(OC[C@H](O)CN2CCN(CCO)CC2)cc1. The molecule has 0 amide bonds. The van der Waals surface area contributed by atoms with E-state index in [0.29, 0.717) is 24.3 Å². The number of carbonyl (C=O) groups is 1. The number of ether oxygens (including phenoxy) is 1. The summed E-state index contributed by atoms with van der Waals surface area (Å²) in [4.78, 5) is 16.0. The molecule has 1 fully saturated rings. The number of nitrogens with zero attached hydrogens (tertiary/aromatic N) is 2. The fraction of sp³-hybridized carbons (Fsp3) is 0.611. The number of Topliss-reactive ketones (excluding diaryl/α,β-unsaturated/α-hetero) is 1. The molecule has 0 saturated carbocycles. The molecule has 2 N–H and O–H groups in total. The first-order valence-corrected chi connectivity index (χ1v) is 8.62. The Bertz CT molecular complexity index is 498. The lowest BCUT2D eigenvalue weighted by atomic mass is 10.1. The van der Waals surface area contributed by atoms with Crippen molar-refractivity contribution < 1.29 is 19.7 Å². The Morgan fingerprint density at radius 2 is 1.79 bits per heavy atom. The van der Waals surface area contributed by atoms with Crippen LogP contribution in [-0.2, 0) is 0 Å². The van der Waals surface area contributed by atoms with Gasteiger partial charge in [0.1, 0.15) is 18.5 Å². The first-order chi connectivity index (χ1) is 11.6. The second-order valence-electron chi connectivity index (χ2n) is 6.13. The Morgan fingerprint density at radius 3 is 2.38 bits per heavy atom. The summed E-state index contributed by atoms with van der Waals surface area (Å²) in [6.07, 6.45) is -0.0591. The van der Waals surface area contributed by atoms with Crippen molar-refractivity contribution in [2.24, 2.45) is 0 Å². The maximum Gasteiger partial charge on any atom is 0.162 e. The van der Waals surface area contributed by atoms with Crippen LogP contribution in [-0.4, -0.2) is 84.4 Å². The molecule has 0 radical (unpaired) electrons. The minimum absolute atomic E-state index is 0.113. The van der Waals surface area contributed by atoms with E-state index >= 15 is 0 Å². The summed E-state index contributed by atoms with van der Waals surface area (Å²) in [7, 11) is 0. The Morgan fingerprint density at radius 1 is 1.17 bits per heavy atom. The van der Waals surface area contributed by atoms with Crippen molar-refractivity contribution in [2.75, 3.05) is 52.5 Å².